The van der Waals surface area contributed by atoms with Gasteiger partial charge in [-0.05, 0) is 61.9 Å². The lowest BCUT2D eigenvalue weighted by molar-refractivity contribution is 0.0936. The molecule has 2 N–H and O–H groups in total. The Balaban J connectivity index is 2.04. The summed E-state index contributed by atoms with van der Waals surface area (Å²) in [4.78, 5) is 12.4. The van der Waals surface area contributed by atoms with E-state index in [9.17, 15) is 9.18 Å². The number of carbonyl (C=O) groups is 1. The minimum Gasteiger partial charge on any atom is -0.396 e. The highest BCUT2D eigenvalue weighted by molar-refractivity contribution is 5.92. The standard InChI is InChI=1S/C19H26FN3O2/c1-13(2)10-15(8-9-24)12-21-19(25)18-11-14(3)23(22-18)17-6-4-16(20)5-7-17/h4-7,11,13,15,24H,8-10,12H2,1-3H3,(H,21,25). The van der Waals surface area contributed by atoms with E-state index in [1.807, 2.05) is 6.92 Å². The highest BCUT2D eigenvalue weighted by atomic mass is 19.1. The van der Waals surface area contributed by atoms with E-state index >= 15 is 0 Å². The van der Waals surface area contributed by atoms with Gasteiger partial charge in [0, 0.05) is 18.8 Å². The molecule has 0 radical (unpaired) electrons. The van der Waals surface area contributed by atoms with Crippen LogP contribution < -0.4 is 5.32 Å². The van der Waals surface area contributed by atoms with Crippen molar-refractivity contribution in [1.82, 2.24) is 15.1 Å². The molecule has 1 amide bonds. The number of halogens is 1. The zero-order chi connectivity index (χ0) is 18.4. The number of hydrogen-bond donors (Lipinski definition) is 2. The fraction of sp³-hybridized carbons (Fsp3) is 0.474. The van der Waals surface area contributed by atoms with Crippen molar-refractivity contribution < 1.29 is 14.3 Å². The van der Waals surface area contributed by atoms with Gasteiger partial charge in [0.2, 0.25) is 0 Å². The zero-order valence-corrected chi connectivity index (χ0v) is 15.0. The van der Waals surface area contributed by atoms with E-state index in [4.69, 9.17) is 5.11 Å². The number of benzene rings is 1. The molecule has 5 nitrogen and oxygen atoms in total. The maximum Gasteiger partial charge on any atom is 0.271 e. The Hall–Kier alpha value is -2.21. The fourth-order valence-corrected chi connectivity index (χ4v) is 2.91. The molecule has 1 unspecified atom stereocenters. The lowest BCUT2D eigenvalue weighted by Crippen LogP contribution is -2.30. The van der Waals surface area contributed by atoms with E-state index in [1.54, 1.807) is 22.9 Å². The molecule has 0 spiro atoms. The van der Waals surface area contributed by atoms with Gasteiger partial charge in [-0.25, -0.2) is 9.07 Å². The summed E-state index contributed by atoms with van der Waals surface area (Å²) in [6.45, 7) is 6.73. The number of aromatic nitrogens is 2. The SMILES string of the molecule is Cc1cc(C(=O)NCC(CCO)CC(C)C)nn1-c1ccc(F)cc1. The molecule has 136 valence electrons. The quantitative estimate of drug-likeness (QED) is 0.771. The van der Waals surface area contributed by atoms with Crippen LogP contribution in [0.4, 0.5) is 4.39 Å². The number of hydrogen-bond acceptors (Lipinski definition) is 3. The fourth-order valence-electron chi connectivity index (χ4n) is 2.91. The van der Waals surface area contributed by atoms with Crippen molar-refractivity contribution >= 4 is 5.91 Å². The van der Waals surface area contributed by atoms with Gasteiger partial charge in [-0.1, -0.05) is 13.8 Å². The highest BCUT2D eigenvalue weighted by Gasteiger charge is 2.16. The maximum atomic E-state index is 13.1. The normalized spacial score (nSPS) is 12.4. The van der Waals surface area contributed by atoms with Gasteiger partial charge in [-0.2, -0.15) is 5.10 Å². The zero-order valence-electron chi connectivity index (χ0n) is 15.0. The summed E-state index contributed by atoms with van der Waals surface area (Å²) in [6, 6.07) is 7.68. The molecule has 25 heavy (non-hydrogen) atoms. The number of nitrogens with zero attached hydrogens (tertiary/aromatic N) is 2. The molecule has 1 atom stereocenters. The van der Waals surface area contributed by atoms with Crippen molar-refractivity contribution in [3.63, 3.8) is 0 Å². The van der Waals surface area contributed by atoms with E-state index in [1.165, 1.54) is 12.1 Å². The predicted octanol–water partition coefficient (Wildman–Crippen LogP) is 3.09. The second-order valence-electron chi connectivity index (χ2n) is 6.78. The van der Waals surface area contributed by atoms with Crippen molar-refractivity contribution in [2.75, 3.05) is 13.2 Å². The molecule has 0 aliphatic carbocycles. The number of amides is 1. The van der Waals surface area contributed by atoms with Gasteiger partial charge in [0.1, 0.15) is 5.82 Å². The van der Waals surface area contributed by atoms with Gasteiger partial charge < -0.3 is 10.4 Å². The van der Waals surface area contributed by atoms with E-state index in [-0.39, 0.29) is 24.2 Å². The summed E-state index contributed by atoms with van der Waals surface area (Å²) in [6.07, 6.45) is 1.62. The first-order chi connectivity index (χ1) is 11.9. The van der Waals surface area contributed by atoms with Crippen LogP contribution in [0.1, 0.15) is 42.9 Å². The van der Waals surface area contributed by atoms with Crippen LogP contribution in [0.3, 0.4) is 0 Å². The molecule has 0 saturated carbocycles. The predicted molar refractivity (Wildman–Crippen MR) is 95.2 cm³/mol. The Morgan fingerprint density at radius 3 is 2.60 bits per heavy atom. The van der Waals surface area contributed by atoms with Crippen LogP contribution in [0, 0.1) is 24.6 Å². The summed E-state index contributed by atoms with van der Waals surface area (Å²) in [5, 5.41) is 16.4. The largest absolute Gasteiger partial charge is 0.396 e. The van der Waals surface area contributed by atoms with Gasteiger partial charge in [-0.15, -0.1) is 0 Å². The molecule has 0 bridgehead atoms. The maximum absolute atomic E-state index is 13.1. The lowest BCUT2D eigenvalue weighted by atomic mass is 9.94. The first-order valence-corrected chi connectivity index (χ1v) is 8.62. The van der Waals surface area contributed by atoms with Crippen molar-refractivity contribution in [2.24, 2.45) is 11.8 Å². The van der Waals surface area contributed by atoms with Gasteiger partial charge in [0.05, 0.1) is 5.69 Å². The highest BCUT2D eigenvalue weighted by Crippen LogP contribution is 2.15. The Kier molecular flexibility index (Phi) is 6.70. The number of aryl methyl sites for hydroxylation is 1. The van der Waals surface area contributed by atoms with Gasteiger partial charge in [-0.3, -0.25) is 4.79 Å². The molecule has 0 fully saturated rings. The molecule has 2 rings (SSSR count). The minimum absolute atomic E-state index is 0.117. The topological polar surface area (TPSA) is 67.2 Å². The lowest BCUT2D eigenvalue weighted by Gasteiger charge is -2.18. The average molecular weight is 347 g/mol. The van der Waals surface area contributed by atoms with Crippen LogP contribution in [-0.4, -0.2) is 33.9 Å². The number of aliphatic hydroxyl groups is 1. The van der Waals surface area contributed by atoms with Crippen LogP contribution in [0.15, 0.2) is 30.3 Å². The van der Waals surface area contributed by atoms with Crippen LogP contribution in [-0.2, 0) is 0 Å². The van der Waals surface area contributed by atoms with Gasteiger partial charge in [0.15, 0.2) is 5.69 Å². The average Bonchev–Trinajstić information content (AvgIpc) is 2.95. The molecule has 2 aromatic rings. The van der Waals surface area contributed by atoms with Crippen molar-refractivity contribution in [3.05, 3.63) is 47.5 Å². The Morgan fingerprint density at radius 2 is 2.00 bits per heavy atom. The number of aliphatic hydroxyl groups excluding tert-OH is 1. The molecule has 6 heteroatoms. The minimum atomic E-state index is -0.313. The second kappa shape index (κ2) is 8.76. The smallest absolute Gasteiger partial charge is 0.271 e. The van der Waals surface area contributed by atoms with Crippen molar-refractivity contribution in [2.45, 2.75) is 33.6 Å². The van der Waals surface area contributed by atoms with Crippen LogP contribution in [0.2, 0.25) is 0 Å². The number of nitrogens with one attached hydrogen (secondary N) is 1. The van der Waals surface area contributed by atoms with E-state index in [0.717, 1.165) is 12.1 Å². The third-order valence-corrected chi connectivity index (χ3v) is 4.08. The van der Waals surface area contributed by atoms with Gasteiger partial charge >= 0.3 is 0 Å². The monoisotopic (exact) mass is 347 g/mol. The summed E-state index contributed by atoms with van der Waals surface area (Å²) >= 11 is 0. The molecular formula is C19H26FN3O2. The Bertz CT molecular complexity index is 695. The second-order valence-corrected chi connectivity index (χ2v) is 6.78. The molecule has 0 saturated heterocycles. The van der Waals surface area contributed by atoms with Crippen molar-refractivity contribution in [3.8, 4) is 5.69 Å². The van der Waals surface area contributed by atoms with Crippen LogP contribution in [0.25, 0.3) is 5.69 Å². The summed E-state index contributed by atoms with van der Waals surface area (Å²) in [5.74, 6) is 0.199. The van der Waals surface area contributed by atoms with Gasteiger partial charge in [0.25, 0.3) is 5.91 Å². The summed E-state index contributed by atoms with van der Waals surface area (Å²) in [7, 11) is 0. The summed E-state index contributed by atoms with van der Waals surface area (Å²) < 4.78 is 14.7. The molecule has 0 aliphatic heterocycles. The Labute approximate surface area is 147 Å². The Morgan fingerprint density at radius 1 is 1.32 bits per heavy atom. The van der Waals surface area contributed by atoms with E-state index in [2.05, 4.69) is 24.3 Å². The van der Waals surface area contributed by atoms with E-state index in [0.29, 0.717) is 30.3 Å². The molecule has 1 aromatic carbocycles. The van der Waals surface area contributed by atoms with E-state index < -0.39 is 0 Å². The molecule has 1 aromatic heterocycles. The number of rotatable bonds is 8. The first-order valence-electron chi connectivity index (χ1n) is 8.62. The first kappa shape index (κ1) is 19.1. The molecule has 1 heterocycles. The number of carbonyl (C=O) groups excluding carboxylic acids is 1. The van der Waals surface area contributed by atoms with Crippen LogP contribution >= 0.6 is 0 Å². The van der Waals surface area contributed by atoms with Crippen molar-refractivity contribution in [1.29, 1.82) is 0 Å². The summed E-state index contributed by atoms with van der Waals surface area (Å²) in [5.41, 5.74) is 1.83. The molecular weight excluding hydrogens is 321 g/mol. The third kappa shape index (κ3) is 5.39. The van der Waals surface area contributed by atoms with Crippen LogP contribution in [0.5, 0.6) is 0 Å². The third-order valence-electron chi connectivity index (χ3n) is 4.08. The molecule has 0 aliphatic rings.